The number of sulfone groups is 1. The Morgan fingerprint density at radius 1 is 1.56 bits per heavy atom. The van der Waals surface area contributed by atoms with Crippen LogP contribution in [0.5, 0.6) is 0 Å². The maximum atomic E-state index is 11.6. The second-order valence-corrected chi connectivity index (χ2v) is 5.43. The Kier molecular flexibility index (Phi) is 4.40. The lowest BCUT2D eigenvalue weighted by molar-refractivity contribution is 0.217. The largest absolute Gasteiger partial charge is 0.384 e. The van der Waals surface area contributed by atoms with E-state index < -0.39 is 9.84 Å². The first-order chi connectivity index (χ1) is 7.57. The number of aromatic nitrogens is 1. The van der Waals surface area contributed by atoms with Gasteiger partial charge in [-0.1, -0.05) is 0 Å². The second-order valence-electron chi connectivity index (χ2n) is 3.25. The number of nitriles is 1. The molecule has 5 nitrogen and oxygen atoms in total. The summed E-state index contributed by atoms with van der Waals surface area (Å²) in [6.45, 7) is 0.179. The average Bonchev–Trinajstić information content (AvgIpc) is 2.26. The highest BCUT2D eigenvalue weighted by molar-refractivity contribution is 7.90. The highest BCUT2D eigenvalue weighted by Gasteiger charge is 2.12. The van der Waals surface area contributed by atoms with Gasteiger partial charge in [-0.05, 0) is 17.7 Å². The summed E-state index contributed by atoms with van der Waals surface area (Å²) in [5.41, 5.74) is 0.794. The van der Waals surface area contributed by atoms with E-state index in [4.69, 9.17) is 10.00 Å². The van der Waals surface area contributed by atoms with Gasteiger partial charge < -0.3 is 4.74 Å². The Hall–Kier alpha value is -1.45. The Morgan fingerprint density at radius 2 is 2.31 bits per heavy atom. The third-order valence-electron chi connectivity index (χ3n) is 1.92. The molecule has 1 heterocycles. The van der Waals surface area contributed by atoms with E-state index in [2.05, 4.69) is 4.98 Å². The molecule has 0 fully saturated rings. The normalized spacial score (nSPS) is 11.0. The molecular formula is C10H12N2O3S. The maximum absolute atomic E-state index is 11.6. The molecule has 0 aliphatic heterocycles. The molecule has 0 spiro atoms. The van der Waals surface area contributed by atoms with E-state index in [1.165, 1.54) is 19.4 Å². The minimum atomic E-state index is -3.18. The molecule has 1 aromatic rings. The first-order valence-corrected chi connectivity index (χ1v) is 6.44. The van der Waals surface area contributed by atoms with E-state index in [-0.39, 0.29) is 23.8 Å². The van der Waals surface area contributed by atoms with E-state index in [0.29, 0.717) is 5.56 Å². The fourth-order valence-electron chi connectivity index (χ4n) is 1.16. The van der Waals surface area contributed by atoms with Gasteiger partial charge >= 0.3 is 0 Å². The fourth-order valence-corrected chi connectivity index (χ4v) is 2.41. The molecule has 1 rings (SSSR count). The molecule has 0 atom stereocenters. The lowest BCUT2D eigenvalue weighted by atomic mass is 10.2. The fraction of sp³-hybridized carbons (Fsp3) is 0.400. The van der Waals surface area contributed by atoms with Crippen molar-refractivity contribution < 1.29 is 13.2 Å². The third-order valence-corrected chi connectivity index (χ3v) is 3.49. The van der Waals surface area contributed by atoms with Crippen LogP contribution in [0.25, 0.3) is 0 Å². The van der Waals surface area contributed by atoms with Crippen molar-refractivity contribution in [3.8, 4) is 6.07 Å². The Labute approximate surface area is 94.6 Å². The van der Waals surface area contributed by atoms with Gasteiger partial charge in [0.05, 0.1) is 18.1 Å². The van der Waals surface area contributed by atoms with Gasteiger partial charge in [0.25, 0.3) is 0 Å². The molecule has 0 unspecified atom stereocenters. The Morgan fingerprint density at radius 3 is 2.94 bits per heavy atom. The van der Waals surface area contributed by atoms with Gasteiger partial charge in [-0.15, -0.1) is 0 Å². The molecular weight excluding hydrogens is 228 g/mol. The van der Waals surface area contributed by atoms with Crippen molar-refractivity contribution in [3.05, 3.63) is 29.6 Å². The van der Waals surface area contributed by atoms with E-state index in [9.17, 15) is 8.42 Å². The summed E-state index contributed by atoms with van der Waals surface area (Å²) in [6.07, 6.45) is 1.43. The quantitative estimate of drug-likeness (QED) is 0.749. The standard InChI is InChI=1S/C10H12N2O3S/c1-15-4-5-16(13,14)8-9-2-3-12-10(6-9)7-11/h2-3,6H,4-5,8H2,1H3. The molecule has 0 aromatic carbocycles. The van der Waals surface area contributed by atoms with E-state index >= 15 is 0 Å². The number of methoxy groups -OCH3 is 1. The highest BCUT2D eigenvalue weighted by Crippen LogP contribution is 2.07. The highest BCUT2D eigenvalue weighted by atomic mass is 32.2. The molecule has 1 aromatic heterocycles. The predicted octanol–water partition coefficient (Wildman–Crippen LogP) is 0.514. The molecule has 86 valence electrons. The first kappa shape index (κ1) is 12.6. The van der Waals surface area contributed by atoms with Crippen LogP contribution in [-0.4, -0.2) is 32.9 Å². The van der Waals surface area contributed by atoms with E-state index in [1.807, 2.05) is 6.07 Å². The summed E-state index contributed by atoms with van der Waals surface area (Å²) < 4.78 is 27.9. The number of ether oxygens (including phenoxy) is 1. The molecule has 0 aliphatic rings. The van der Waals surface area contributed by atoms with Crippen molar-refractivity contribution in [1.82, 2.24) is 4.98 Å². The Bertz CT molecular complexity index is 491. The zero-order chi connectivity index (χ0) is 12.0. The summed E-state index contributed by atoms with van der Waals surface area (Å²) in [4.78, 5) is 3.77. The van der Waals surface area contributed by atoms with Gasteiger partial charge in [0, 0.05) is 13.3 Å². The van der Waals surface area contributed by atoms with Crippen LogP contribution < -0.4 is 0 Å². The van der Waals surface area contributed by atoms with Crippen molar-refractivity contribution in [2.45, 2.75) is 5.75 Å². The summed E-state index contributed by atoms with van der Waals surface area (Å²) in [5.74, 6) is -0.110. The van der Waals surface area contributed by atoms with Crippen molar-refractivity contribution in [2.75, 3.05) is 19.5 Å². The van der Waals surface area contributed by atoms with Crippen LogP contribution in [0, 0.1) is 11.3 Å². The molecule has 0 bridgehead atoms. The van der Waals surface area contributed by atoms with Crippen LogP contribution in [0.2, 0.25) is 0 Å². The van der Waals surface area contributed by atoms with E-state index in [0.717, 1.165) is 0 Å². The summed E-state index contributed by atoms with van der Waals surface area (Å²) in [6, 6.07) is 4.93. The Balaban J connectivity index is 2.77. The van der Waals surface area contributed by atoms with E-state index in [1.54, 1.807) is 6.07 Å². The van der Waals surface area contributed by atoms with Crippen LogP contribution in [0.1, 0.15) is 11.3 Å². The van der Waals surface area contributed by atoms with Gasteiger partial charge in [-0.25, -0.2) is 13.4 Å². The molecule has 0 N–H and O–H groups in total. The number of hydrogen-bond donors (Lipinski definition) is 0. The molecule has 0 radical (unpaired) electrons. The number of pyridine rings is 1. The van der Waals surface area contributed by atoms with Gasteiger partial charge in [0.2, 0.25) is 0 Å². The molecule has 16 heavy (non-hydrogen) atoms. The summed E-state index contributed by atoms with van der Waals surface area (Å²) in [5, 5.41) is 8.62. The molecule has 0 amide bonds. The topological polar surface area (TPSA) is 80.1 Å². The predicted molar refractivity (Wildman–Crippen MR) is 58.3 cm³/mol. The molecule has 0 saturated carbocycles. The van der Waals surface area contributed by atoms with Crippen LogP contribution >= 0.6 is 0 Å². The number of rotatable bonds is 5. The summed E-state index contributed by atoms with van der Waals surface area (Å²) in [7, 11) is -1.73. The summed E-state index contributed by atoms with van der Waals surface area (Å²) >= 11 is 0. The van der Waals surface area contributed by atoms with Crippen molar-refractivity contribution >= 4 is 9.84 Å². The van der Waals surface area contributed by atoms with Crippen LogP contribution in [0.15, 0.2) is 18.3 Å². The van der Waals surface area contributed by atoms with Crippen molar-refractivity contribution in [3.63, 3.8) is 0 Å². The zero-order valence-corrected chi connectivity index (χ0v) is 9.70. The van der Waals surface area contributed by atoms with Crippen LogP contribution in [0.4, 0.5) is 0 Å². The minimum Gasteiger partial charge on any atom is -0.384 e. The molecule has 0 aliphatic carbocycles. The van der Waals surface area contributed by atoms with Crippen molar-refractivity contribution in [1.29, 1.82) is 5.26 Å². The molecule has 6 heteroatoms. The average molecular weight is 240 g/mol. The smallest absolute Gasteiger partial charge is 0.156 e. The number of nitrogens with zero attached hydrogens (tertiary/aromatic N) is 2. The zero-order valence-electron chi connectivity index (χ0n) is 8.88. The number of hydrogen-bond acceptors (Lipinski definition) is 5. The lowest BCUT2D eigenvalue weighted by Crippen LogP contribution is -2.13. The second kappa shape index (κ2) is 5.58. The van der Waals surface area contributed by atoms with Gasteiger partial charge in [-0.3, -0.25) is 0 Å². The monoisotopic (exact) mass is 240 g/mol. The SMILES string of the molecule is COCCS(=O)(=O)Cc1ccnc(C#N)c1. The van der Waals surface area contributed by atoms with Crippen LogP contribution in [0.3, 0.4) is 0 Å². The van der Waals surface area contributed by atoms with Crippen LogP contribution in [-0.2, 0) is 20.3 Å². The minimum absolute atomic E-state index is 0.0201. The first-order valence-electron chi connectivity index (χ1n) is 4.62. The van der Waals surface area contributed by atoms with Gasteiger partial charge in [-0.2, -0.15) is 5.26 Å². The van der Waals surface area contributed by atoms with Crippen molar-refractivity contribution in [2.24, 2.45) is 0 Å². The van der Waals surface area contributed by atoms with Gasteiger partial charge in [0.1, 0.15) is 11.8 Å². The molecule has 0 saturated heterocycles. The maximum Gasteiger partial charge on any atom is 0.156 e. The van der Waals surface area contributed by atoms with Gasteiger partial charge in [0.15, 0.2) is 9.84 Å². The third kappa shape index (κ3) is 3.96. The lowest BCUT2D eigenvalue weighted by Gasteiger charge is -2.03.